The molecular weight excluding hydrogens is 274 g/mol. The Morgan fingerprint density at radius 3 is 2.81 bits per heavy atom. The molecule has 0 atom stereocenters. The molecule has 1 aromatic heterocycles. The Balaban J connectivity index is 2.23. The van der Waals surface area contributed by atoms with Gasteiger partial charge in [0.15, 0.2) is 0 Å². The van der Waals surface area contributed by atoms with Gasteiger partial charge in [0.25, 0.3) is 6.79 Å². The molecule has 0 aliphatic carbocycles. The Morgan fingerprint density at radius 1 is 1.38 bits per heavy atom. The number of nitrogens with zero attached hydrogens (tertiary/aromatic N) is 3. The molecule has 1 aliphatic rings. The quantitative estimate of drug-likeness (QED) is 0.364. The first-order valence-electron chi connectivity index (χ1n) is 6.57. The smallest absolute Gasteiger partial charge is 0.305 e. The number of ether oxygens (including phenoxy) is 1. The summed E-state index contributed by atoms with van der Waals surface area (Å²) < 4.78 is 4.65. The van der Waals surface area contributed by atoms with Crippen molar-refractivity contribution in [2.45, 2.75) is 27.2 Å². The molecule has 2 rings (SSSR count). The lowest BCUT2D eigenvalue weighted by molar-refractivity contribution is -0.153. The predicted molar refractivity (Wildman–Crippen MR) is 75.9 cm³/mol. The summed E-state index contributed by atoms with van der Waals surface area (Å²) in [6, 6.07) is 3.71. The molecule has 21 heavy (non-hydrogen) atoms. The van der Waals surface area contributed by atoms with Crippen LogP contribution in [0.2, 0.25) is 0 Å². The molecule has 7 heteroatoms. The average molecular weight is 291 g/mol. The van der Waals surface area contributed by atoms with E-state index in [1.165, 1.54) is 13.8 Å². The van der Waals surface area contributed by atoms with Gasteiger partial charge in [0.2, 0.25) is 5.91 Å². The van der Waals surface area contributed by atoms with Crippen LogP contribution in [0, 0.1) is 6.92 Å². The number of aryl methyl sites for hydroxylation is 1. The SMILES string of the molecule is CC(=O)OCO/N=C1\CCN(C(C)=O)c2nc(C)ccc21. The highest BCUT2D eigenvalue weighted by atomic mass is 16.8. The van der Waals surface area contributed by atoms with Crippen LogP contribution in [0.15, 0.2) is 17.3 Å². The molecule has 2 heterocycles. The minimum absolute atomic E-state index is 0.0609. The van der Waals surface area contributed by atoms with Gasteiger partial charge in [-0.15, -0.1) is 0 Å². The fourth-order valence-corrected chi connectivity index (χ4v) is 2.05. The number of anilines is 1. The van der Waals surface area contributed by atoms with Crippen LogP contribution < -0.4 is 4.90 Å². The lowest BCUT2D eigenvalue weighted by Gasteiger charge is -2.28. The topological polar surface area (TPSA) is 81.1 Å². The number of aromatic nitrogens is 1. The number of hydrogen-bond acceptors (Lipinski definition) is 6. The first-order valence-corrected chi connectivity index (χ1v) is 6.57. The number of esters is 1. The molecule has 0 fully saturated rings. The number of oxime groups is 1. The van der Waals surface area contributed by atoms with Crippen LogP contribution in [0.25, 0.3) is 0 Å². The second-order valence-corrected chi connectivity index (χ2v) is 4.67. The fourth-order valence-electron chi connectivity index (χ4n) is 2.05. The first-order chi connectivity index (χ1) is 9.99. The van der Waals surface area contributed by atoms with E-state index in [-0.39, 0.29) is 12.7 Å². The summed E-state index contributed by atoms with van der Waals surface area (Å²) in [6.07, 6.45) is 0.553. The molecule has 0 N–H and O–H groups in total. The zero-order valence-electron chi connectivity index (χ0n) is 12.3. The van der Waals surface area contributed by atoms with E-state index in [1.807, 2.05) is 19.1 Å². The summed E-state index contributed by atoms with van der Waals surface area (Å²) in [6.45, 7) is 4.93. The van der Waals surface area contributed by atoms with Gasteiger partial charge in [-0.3, -0.25) is 14.5 Å². The highest BCUT2D eigenvalue weighted by Crippen LogP contribution is 2.26. The second-order valence-electron chi connectivity index (χ2n) is 4.67. The number of carbonyl (C=O) groups excluding carboxylic acids is 2. The predicted octanol–water partition coefficient (Wildman–Crippen LogP) is 1.39. The minimum atomic E-state index is -0.431. The molecule has 0 radical (unpaired) electrons. The molecule has 0 spiro atoms. The van der Waals surface area contributed by atoms with Crippen molar-refractivity contribution >= 4 is 23.4 Å². The Hall–Kier alpha value is -2.44. The molecule has 0 saturated heterocycles. The van der Waals surface area contributed by atoms with Gasteiger partial charge in [-0.25, -0.2) is 4.98 Å². The minimum Gasteiger partial charge on any atom is -0.426 e. The summed E-state index contributed by atoms with van der Waals surface area (Å²) in [7, 11) is 0. The molecule has 0 unspecified atom stereocenters. The van der Waals surface area contributed by atoms with Crippen molar-refractivity contribution in [3.8, 4) is 0 Å². The lowest BCUT2D eigenvalue weighted by atomic mass is 10.0. The maximum absolute atomic E-state index is 11.7. The fraction of sp³-hybridized carbons (Fsp3) is 0.429. The summed E-state index contributed by atoms with van der Waals surface area (Å²) in [5.41, 5.74) is 2.26. The van der Waals surface area contributed by atoms with Crippen LogP contribution in [-0.4, -0.2) is 35.9 Å². The van der Waals surface area contributed by atoms with Crippen molar-refractivity contribution in [2.75, 3.05) is 18.2 Å². The molecule has 112 valence electrons. The third kappa shape index (κ3) is 3.56. The number of amides is 1. The number of fused-ring (bicyclic) bond motifs is 1. The van der Waals surface area contributed by atoms with Crippen molar-refractivity contribution in [2.24, 2.45) is 5.16 Å². The molecule has 0 bridgehead atoms. The molecule has 1 amide bonds. The highest BCUT2D eigenvalue weighted by molar-refractivity contribution is 6.09. The van der Waals surface area contributed by atoms with Crippen LogP contribution in [0.3, 0.4) is 0 Å². The van der Waals surface area contributed by atoms with E-state index in [0.29, 0.717) is 24.5 Å². The van der Waals surface area contributed by atoms with E-state index in [2.05, 4.69) is 14.9 Å². The Bertz CT molecular complexity index is 598. The van der Waals surface area contributed by atoms with Gasteiger partial charge in [-0.05, 0) is 19.1 Å². The zero-order valence-corrected chi connectivity index (χ0v) is 12.3. The van der Waals surface area contributed by atoms with E-state index >= 15 is 0 Å². The Labute approximate surface area is 122 Å². The van der Waals surface area contributed by atoms with Crippen molar-refractivity contribution in [1.29, 1.82) is 0 Å². The van der Waals surface area contributed by atoms with Crippen LogP contribution >= 0.6 is 0 Å². The molecule has 0 saturated carbocycles. The standard InChI is InChI=1S/C14H17N3O4/c1-9-4-5-12-13(16-21-8-20-11(3)19)6-7-17(10(2)18)14(12)15-9/h4-5H,6-8H2,1-3H3/b16-13+. The maximum Gasteiger partial charge on any atom is 0.305 e. The zero-order chi connectivity index (χ0) is 15.4. The van der Waals surface area contributed by atoms with Crippen molar-refractivity contribution < 1.29 is 19.2 Å². The monoisotopic (exact) mass is 291 g/mol. The number of carbonyl (C=O) groups is 2. The number of hydrogen-bond donors (Lipinski definition) is 0. The highest BCUT2D eigenvalue weighted by Gasteiger charge is 2.26. The van der Waals surface area contributed by atoms with Crippen molar-refractivity contribution in [3.05, 3.63) is 23.4 Å². The van der Waals surface area contributed by atoms with Gasteiger partial charge in [0.05, 0.1) is 5.71 Å². The van der Waals surface area contributed by atoms with Gasteiger partial charge in [0, 0.05) is 38.1 Å². The second kappa shape index (κ2) is 6.34. The molecular formula is C14H17N3O4. The lowest BCUT2D eigenvalue weighted by Crippen LogP contribution is -2.37. The maximum atomic E-state index is 11.7. The third-order valence-electron chi connectivity index (χ3n) is 3.02. The van der Waals surface area contributed by atoms with Gasteiger partial charge < -0.3 is 9.57 Å². The van der Waals surface area contributed by atoms with Gasteiger partial charge >= 0.3 is 5.97 Å². The van der Waals surface area contributed by atoms with E-state index in [9.17, 15) is 9.59 Å². The van der Waals surface area contributed by atoms with E-state index in [1.54, 1.807) is 4.90 Å². The van der Waals surface area contributed by atoms with E-state index < -0.39 is 5.97 Å². The number of pyridine rings is 1. The van der Waals surface area contributed by atoms with Crippen molar-refractivity contribution in [3.63, 3.8) is 0 Å². The third-order valence-corrected chi connectivity index (χ3v) is 3.02. The Kier molecular flexibility index (Phi) is 4.52. The molecule has 0 aromatic carbocycles. The number of rotatable bonds is 3. The van der Waals surface area contributed by atoms with E-state index in [0.717, 1.165) is 11.3 Å². The molecule has 1 aromatic rings. The van der Waals surface area contributed by atoms with Crippen LogP contribution in [0.1, 0.15) is 31.5 Å². The summed E-state index contributed by atoms with van der Waals surface area (Å²) in [4.78, 5) is 33.3. The summed E-state index contributed by atoms with van der Waals surface area (Å²) in [5, 5.41) is 3.98. The van der Waals surface area contributed by atoms with Crippen LogP contribution in [0.4, 0.5) is 5.82 Å². The van der Waals surface area contributed by atoms with Gasteiger partial charge in [-0.2, -0.15) is 0 Å². The van der Waals surface area contributed by atoms with Crippen LogP contribution in [0.5, 0.6) is 0 Å². The molecule has 7 nitrogen and oxygen atoms in total. The normalized spacial score (nSPS) is 15.6. The van der Waals surface area contributed by atoms with Gasteiger partial charge in [0.1, 0.15) is 5.82 Å². The van der Waals surface area contributed by atoms with Gasteiger partial charge in [-0.1, -0.05) is 5.16 Å². The summed E-state index contributed by atoms with van der Waals surface area (Å²) >= 11 is 0. The van der Waals surface area contributed by atoms with E-state index in [4.69, 9.17) is 4.84 Å². The average Bonchev–Trinajstić information content (AvgIpc) is 2.42. The molecule has 1 aliphatic heterocycles. The van der Waals surface area contributed by atoms with Crippen molar-refractivity contribution in [1.82, 2.24) is 4.98 Å². The first kappa shape index (κ1) is 15.0. The Morgan fingerprint density at radius 2 is 2.14 bits per heavy atom. The summed E-state index contributed by atoms with van der Waals surface area (Å²) in [5.74, 6) is 0.0945. The van der Waals surface area contributed by atoms with Crippen LogP contribution in [-0.2, 0) is 19.2 Å². The largest absolute Gasteiger partial charge is 0.426 e.